The fourth-order valence-corrected chi connectivity index (χ4v) is 3.63. The number of carbonyl (C=O) groups is 1. The first-order valence-electron chi connectivity index (χ1n) is 9.51. The highest BCUT2D eigenvalue weighted by molar-refractivity contribution is 6.07. The minimum absolute atomic E-state index is 0.211. The fraction of sp³-hybridized carbons (Fsp3) is 0.227. The Bertz CT molecular complexity index is 1290. The van der Waals surface area contributed by atoms with E-state index in [9.17, 15) is 4.79 Å². The van der Waals surface area contributed by atoms with Crippen LogP contribution in [0.15, 0.2) is 39.3 Å². The lowest BCUT2D eigenvalue weighted by atomic mass is 10.1. The summed E-state index contributed by atoms with van der Waals surface area (Å²) in [5.74, 6) is 2.63. The highest BCUT2D eigenvalue weighted by Crippen LogP contribution is 2.33. The summed E-state index contributed by atoms with van der Waals surface area (Å²) >= 11 is 0. The van der Waals surface area contributed by atoms with Gasteiger partial charge in [0, 0.05) is 12.1 Å². The van der Waals surface area contributed by atoms with Crippen molar-refractivity contribution in [1.82, 2.24) is 15.5 Å². The Morgan fingerprint density at radius 3 is 2.73 bits per heavy atom. The molecule has 8 heteroatoms. The maximum absolute atomic E-state index is 13.1. The molecule has 3 aromatic heterocycles. The highest BCUT2D eigenvalue weighted by Gasteiger charge is 2.21. The van der Waals surface area contributed by atoms with Crippen LogP contribution < -0.4 is 14.8 Å². The number of rotatable bonds is 4. The maximum Gasteiger partial charge on any atom is 0.259 e. The number of aryl methyl sites for hydroxylation is 3. The molecule has 1 aromatic carbocycles. The van der Waals surface area contributed by atoms with Crippen molar-refractivity contribution >= 4 is 17.0 Å². The first-order valence-corrected chi connectivity index (χ1v) is 9.51. The van der Waals surface area contributed by atoms with Crippen molar-refractivity contribution < 1.29 is 23.2 Å². The normalized spacial score (nSPS) is 12.5. The Labute approximate surface area is 171 Å². The summed E-state index contributed by atoms with van der Waals surface area (Å²) in [5, 5.41) is 7.54. The molecule has 30 heavy (non-hydrogen) atoms. The molecule has 1 aliphatic heterocycles. The van der Waals surface area contributed by atoms with Gasteiger partial charge in [0.05, 0.1) is 22.3 Å². The Morgan fingerprint density at radius 2 is 1.93 bits per heavy atom. The molecular weight excluding hydrogens is 386 g/mol. The molecule has 0 bridgehead atoms. The van der Waals surface area contributed by atoms with Crippen LogP contribution >= 0.6 is 0 Å². The lowest BCUT2D eigenvalue weighted by Crippen LogP contribution is -2.23. The predicted molar refractivity (Wildman–Crippen MR) is 107 cm³/mol. The maximum atomic E-state index is 13.1. The Morgan fingerprint density at radius 1 is 1.10 bits per heavy atom. The summed E-state index contributed by atoms with van der Waals surface area (Å²) in [6.07, 6.45) is 0. The zero-order valence-electron chi connectivity index (χ0n) is 16.7. The van der Waals surface area contributed by atoms with Gasteiger partial charge in [0.25, 0.3) is 11.6 Å². The number of benzene rings is 1. The van der Waals surface area contributed by atoms with Crippen molar-refractivity contribution in [2.24, 2.45) is 0 Å². The summed E-state index contributed by atoms with van der Waals surface area (Å²) in [6, 6.07) is 9.22. The molecule has 5 rings (SSSR count). The van der Waals surface area contributed by atoms with E-state index >= 15 is 0 Å². The molecule has 8 nitrogen and oxygen atoms in total. The van der Waals surface area contributed by atoms with Gasteiger partial charge in [-0.05, 0) is 50.6 Å². The zero-order valence-corrected chi connectivity index (χ0v) is 16.7. The van der Waals surface area contributed by atoms with Gasteiger partial charge < -0.3 is 23.7 Å². The van der Waals surface area contributed by atoms with Gasteiger partial charge in [-0.3, -0.25) is 4.79 Å². The van der Waals surface area contributed by atoms with Gasteiger partial charge in [0.1, 0.15) is 11.5 Å². The summed E-state index contributed by atoms with van der Waals surface area (Å²) in [7, 11) is 0. The van der Waals surface area contributed by atoms with Crippen molar-refractivity contribution in [3.63, 3.8) is 0 Å². The van der Waals surface area contributed by atoms with Crippen molar-refractivity contribution in [3.8, 4) is 22.8 Å². The molecule has 1 N–H and O–H groups in total. The van der Waals surface area contributed by atoms with Crippen LogP contribution in [0.3, 0.4) is 0 Å². The quantitative estimate of drug-likeness (QED) is 0.546. The molecule has 0 saturated heterocycles. The Balaban J connectivity index is 1.48. The second-order valence-electron chi connectivity index (χ2n) is 7.20. The predicted octanol–water partition coefficient (Wildman–Crippen LogP) is 4.07. The molecule has 0 fully saturated rings. The molecule has 0 aliphatic carbocycles. The van der Waals surface area contributed by atoms with E-state index in [1.165, 1.54) is 0 Å². The van der Waals surface area contributed by atoms with E-state index in [4.69, 9.17) is 18.4 Å². The van der Waals surface area contributed by atoms with Crippen molar-refractivity contribution in [3.05, 3.63) is 58.7 Å². The van der Waals surface area contributed by atoms with Crippen LogP contribution in [0.5, 0.6) is 11.5 Å². The summed E-state index contributed by atoms with van der Waals surface area (Å²) < 4.78 is 21.7. The topological polar surface area (TPSA) is 99.6 Å². The van der Waals surface area contributed by atoms with E-state index in [0.29, 0.717) is 46.1 Å². The van der Waals surface area contributed by atoms with Crippen molar-refractivity contribution in [2.45, 2.75) is 27.3 Å². The smallest absolute Gasteiger partial charge is 0.259 e. The molecule has 1 aliphatic rings. The fourth-order valence-electron chi connectivity index (χ4n) is 3.63. The number of fused-ring (bicyclic) bond motifs is 2. The number of carbonyl (C=O) groups excluding carboxylic acids is 1. The minimum Gasteiger partial charge on any atom is -0.466 e. The molecule has 4 aromatic rings. The first kappa shape index (κ1) is 18.2. The average molecular weight is 405 g/mol. The summed E-state index contributed by atoms with van der Waals surface area (Å²) in [5.41, 5.74) is 3.69. The third-order valence-electron chi connectivity index (χ3n) is 5.07. The summed E-state index contributed by atoms with van der Waals surface area (Å²) in [6.45, 7) is 6.06. The molecule has 0 saturated carbocycles. The van der Waals surface area contributed by atoms with Gasteiger partial charge in [-0.25, -0.2) is 4.98 Å². The van der Waals surface area contributed by atoms with Gasteiger partial charge in [-0.1, -0.05) is 11.2 Å². The molecule has 152 valence electrons. The minimum atomic E-state index is -0.245. The van der Waals surface area contributed by atoms with E-state index in [-0.39, 0.29) is 12.7 Å². The number of furan rings is 1. The third-order valence-corrected chi connectivity index (χ3v) is 5.07. The second kappa shape index (κ2) is 6.91. The highest BCUT2D eigenvalue weighted by atomic mass is 16.7. The van der Waals surface area contributed by atoms with Gasteiger partial charge in [-0.15, -0.1) is 0 Å². The molecule has 0 spiro atoms. The number of hydrogen-bond donors (Lipinski definition) is 1. The largest absolute Gasteiger partial charge is 0.466 e. The zero-order chi connectivity index (χ0) is 20.8. The van der Waals surface area contributed by atoms with E-state index in [1.54, 1.807) is 13.0 Å². The van der Waals surface area contributed by atoms with Crippen molar-refractivity contribution in [1.29, 1.82) is 0 Å². The van der Waals surface area contributed by atoms with Crippen LogP contribution in [0.4, 0.5) is 0 Å². The van der Waals surface area contributed by atoms with Crippen LogP contribution in [0.25, 0.3) is 22.4 Å². The van der Waals surface area contributed by atoms with Gasteiger partial charge in [0.15, 0.2) is 11.5 Å². The van der Waals surface area contributed by atoms with E-state index in [0.717, 1.165) is 22.6 Å². The number of hydrogen-bond acceptors (Lipinski definition) is 7. The first-order chi connectivity index (χ1) is 14.5. The second-order valence-corrected chi connectivity index (χ2v) is 7.20. The lowest BCUT2D eigenvalue weighted by Gasteiger charge is -2.09. The Hall–Kier alpha value is -3.81. The number of nitrogens with zero attached hydrogens (tertiary/aromatic N) is 2. The van der Waals surface area contributed by atoms with Gasteiger partial charge >= 0.3 is 0 Å². The molecule has 4 heterocycles. The van der Waals surface area contributed by atoms with Crippen LogP contribution in [0, 0.1) is 20.8 Å². The molecular formula is C22H19N3O5. The molecule has 0 radical (unpaired) electrons. The monoisotopic (exact) mass is 405 g/mol. The van der Waals surface area contributed by atoms with Crippen LogP contribution in [0.2, 0.25) is 0 Å². The standard InChI is InChI=1S/C22H19N3O5/c1-11-6-15(13(3)29-11)17-8-16(20-12(2)25-30-22(20)24-17)21(26)23-9-14-4-5-18-19(7-14)28-10-27-18/h4-8H,9-10H2,1-3H3,(H,23,26). The molecule has 0 atom stereocenters. The number of pyridine rings is 1. The van der Waals surface area contributed by atoms with E-state index in [1.807, 2.05) is 38.1 Å². The molecule has 0 unspecified atom stereocenters. The average Bonchev–Trinajstić information content (AvgIpc) is 3.43. The summed E-state index contributed by atoms with van der Waals surface area (Å²) in [4.78, 5) is 17.6. The molecule has 1 amide bonds. The number of aromatic nitrogens is 2. The lowest BCUT2D eigenvalue weighted by molar-refractivity contribution is 0.0952. The van der Waals surface area contributed by atoms with Crippen LogP contribution in [-0.4, -0.2) is 22.8 Å². The van der Waals surface area contributed by atoms with E-state index in [2.05, 4.69) is 15.5 Å². The van der Waals surface area contributed by atoms with Crippen LogP contribution in [0.1, 0.15) is 33.1 Å². The van der Waals surface area contributed by atoms with Crippen molar-refractivity contribution in [2.75, 3.05) is 6.79 Å². The van der Waals surface area contributed by atoms with Gasteiger partial charge in [0.2, 0.25) is 6.79 Å². The third kappa shape index (κ3) is 3.06. The Kier molecular flexibility index (Phi) is 4.20. The van der Waals surface area contributed by atoms with Crippen LogP contribution in [-0.2, 0) is 6.54 Å². The van der Waals surface area contributed by atoms with Gasteiger partial charge in [-0.2, -0.15) is 0 Å². The number of amides is 1. The number of nitrogens with one attached hydrogen (secondary N) is 1. The van der Waals surface area contributed by atoms with E-state index < -0.39 is 0 Å². The SMILES string of the molecule is Cc1cc(-c2cc(C(=O)NCc3ccc4c(c3)OCO4)c3c(C)noc3n2)c(C)o1. The number of ether oxygens (including phenoxy) is 2.